The molecule has 0 amide bonds. The fourth-order valence-corrected chi connectivity index (χ4v) is 7.35. The van der Waals surface area contributed by atoms with Crippen LogP contribution in [0.4, 0.5) is 5.95 Å². The molecule has 4 nitrogen and oxygen atoms in total. The van der Waals surface area contributed by atoms with Gasteiger partial charge in [-0.3, -0.25) is 4.90 Å². The summed E-state index contributed by atoms with van der Waals surface area (Å²) in [4.78, 5) is 7.98. The Morgan fingerprint density at radius 1 is 0.714 bits per heavy atom. The Morgan fingerprint density at radius 2 is 1.37 bits per heavy atom. The minimum Gasteiger partial charge on any atom is -0.353 e. The SMILES string of the molecule is c1ccc(C2(N3CCC(n4c(NC5CCCCC5)nc5ccccc54)CC3)CCCCCC2)cc1. The second-order valence-electron chi connectivity index (χ2n) is 11.3. The maximum atomic E-state index is 5.10. The fourth-order valence-electron chi connectivity index (χ4n) is 7.35. The van der Waals surface area contributed by atoms with Crippen molar-refractivity contribution < 1.29 is 0 Å². The molecule has 0 radical (unpaired) electrons. The van der Waals surface area contributed by atoms with Gasteiger partial charge in [0.2, 0.25) is 5.95 Å². The van der Waals surface area contributed by atoms with E-state index >= 15 is 0 Å². The molecule has 3 aromatic rings. The Morgan fingerprint density at radius 3 is 2.11 bits per heavy atom. The van der Waals surface area contributed by atoms with Crippen molar-refractivity contribution in [3.8, 4) is 0 Å². The summed E-state index contributed by atoms with van der Waals surface area (Å²) >= 11 is 0. The van der Waals surface area contributed by atoms with Crippen molar-refractivity contribution in [3.05, 3.63) is 60.2 Å². The van der Waals surface area contributed by atoms with E-state index in [1.54, 1.807) is 5.56 Å². The lowest BCUT2D eigenvalue weighted by molar-refractivity contribution is 0.0362. The first-order chi connectivity index (χ1) is 17.3. The molecule has 3 fully saturated rings. The van der Waals surface area contributed by atoms with E-state index in [-0.39, 0.29) is 5.54 Å². The molecule has 6 rings (SSSR count). The van der Waals surface area contributed by atoms with E-state index < -0.39 is 0 Å². The summed E-state index contributed by atoms with van der Waals surface area (Å²) in [5.74, 6) is 1.11. The first-order valence-electron chi connectivity index (χ1n) is 14.4. The molecule has 1 aliphatic heterocycles. The van der Waals surface area contributed by atoms with Crippen molar-refractivity contribution in [2.45, 2.75) is 101 Å². The summed E-state index contributed by atoms with van der Waals surface area (Å²) in [5, 5.41) is 3.89. The number of piperidine rings is 1. The van der Waals surface area contributed by atoms with Crippen LogP contribution in [0.1, 0.15) is 95.1 Å². The summed E-state index contributed by atoms with van der Waals surface area (Å²) in [5.41, 5.74) is 4.21. The molecule has 1 aromatic heterocycles. The Labute approximate surface area is 211 Å². The number of aromatic nitrogens is 2. The number of anilines is 1. The van der Waals surface area contributed by atoms with Gasteiger partial charge in [0.05, 0.1) is 11.0 Å². The zero-order valence-corrected chi connectivity index (χ0v) is 21.3. The molecule has 0 spiro atoms. The number of hydrogen-bond donors (Lipinski definition) is 1. The van der Waals surface area contributed by atoms with Gasteiger partial charge in [-0.05, 0) is 56.2 Å². The van der Waals surface area contributed by atoms with E-state index in [1.807, 2.05) is 0 Å². The van der Waals surface area contributed by atoms with Crippen LogP contribution in [0.15, 0.2) is 54.6 Å². The first kappa shape index (κ1) is 23.1. The molecule has 1 N–H and O–H groups in total. The van der Waals surface area contributed by atoms with Crippen LogP contribution in [0.3, 0.4) is 0 Å². The highest BCUT2D eigenvalue weighted by Gasteiger charge is 2.40. The third kappa shape index (κ3) is 4.62. The van der Waals surface area contributed by atoms with Gasteiger partial charge < -0.3 is 9.88 Å². The molecule has 1 saturated heterocycles. The normalized spacial score (nSPS) is 22.7. The van der Waals surface area contributed by atoms with Gasteiger partial charge in [-0.2, -0.15) is 0 Å². The lowest BCUT2D eigenvalue weighted by atomic mass is 9.79. The number of imidazole rings is 1. The van der Waals surface area contributed by atoms with E-state index in [0.29, 0.717) is 12.1 Å². The maximum Gasteiger partial charge on any atom is 0.204 e. The monoisotopic (exact) mass is 470 g/mol. The highest BCUT2D eigenvalue weighted by atomic mass is 15.3. The van der Waals surface area contributed by atoms with E-state index in [1.165, 1.54) is 102 Å². The molecule has 0 unspecified atom stereocenters. The number of fused-ring (bicyclic) bond motifs is 1. The van der Waals surface area contributed by atoms with Crippen LogP contribution >= 0.6 is 0 Å². The second kappa shape index (κ2) is 10.3. The lowest BCUT2D eigenvalue weighted by Gasteiger charge is -2.48. The van der Waals surface area contributed by atoms with Gasteiger partial charge in [-0.1, -0.05) is 87.4 Å². The molecular formula is C31H42N4. The summed E-state index contributed by atoms with van der Waals surface area (Å²) in [7, 11) is 0. The van der Waals surface area contributed by atoms with Gasteiger partial charge in [0.15, 0.2) is 0 Å². The minimum absolute atomic E-state index is 0.225. The summed E-state index contributed by atoms with van der Waals surface area (Å²) < 4.78 is 2.57. The quantitative estimate of drug-likeness (QED) is 0.388. The number of nitrogens with zero attached hydrogens (tertiary/aromatic N) is 3. The van der Waals surface area contributed by atoms with Crippen molar-refractivity contribution in [1.29, 1.82) is 0 Å². The summed E-state index contributed by atoms with van der Waals surface area (Å²) in [6, 6.07) is 21.3. The number of nitrogens with one attached hydrogen (secondary N) is 1. The third-order valence-corrected chi connectivity index (χ3v) is 9.21. The van der Waals surface area contributed by atoms with Gasteiger partial charge in [0, 0.05) is 30.7 Å². The number of rotatable bonds is 5. The molecule has 35 heavy (non-hydrogen) atoms. The molecule has 2 aliphatic carbocycles. The van der Waals surface area contributed by atoms with Gasteiger partial charge in [-0.25, -0.2) is 4.98 Å². The number of hydrogen-bond acceptors (Lipinski definition) is 3. The van der Waals surface area contributed by atoms with E-state index in [4.69, 9.17) is 4.98 Å². The van der Waals surface area contributed by atoms with E-state index in [0.717, 1.165) is 11.5 Å². The smallest absolute Gasteiger partial charge is 0.204 e. The molecule has 0 atom stereocenters. The fraction of sp³-hybridized carbons (Fsp3) is 0.581. The summed E-state index contributed by atoms with van der Waals surface area (Å²) in [6.45, 7) is 2.35. The third-order valence-electron chi connectivity index (χ3n) is 9.21. The van der Waals surface area contributed by atoms with Crippen molar-refractivity contribution in [1.82, 2.24) is 14.5 Å². The molecule has 3 aliphatic rings. The molecule has 186 valence electrons. The zero-order chi connectivity index (χ0) is 23.5. The second-order valence-corrected chi connectivity index (χ2v) is 11.3. The van der Waals surface area contributed by atoms with Crippen molar-refractivity contribution in [3.63, 3.8) is 0 Å². The van der Waals surface area contributed by atoms with Crippen LogP contribution in [0, 0.1) is 0 Å². The van der Waals surface area contributed by atoms with Crippen LogP contribution in [0.25, 0.3) is 11.0 Å². The highest BCUT2D eigenvalue weighted by Crippen LogP contribution is 2.44. The van der Waals surface area contributed by atoms with Gasteiger partial charge in [0.25, 0.3) is 0 Å². The highest BCUT2D eigenvalue weighted by molar-refractivity contribution is 5.79. The molecule has 2 aromatic carbocycles. The summed E-state index contributed by atoms with van der Waals surface area (Å²) in [6.07, 6.45) is 17.2. The van der Waals surface area contributed by atoms with Crippen molar-refractivity contribution >= 4 is 17.0 Å². The Balaban J connectivity index is 1.26. The topological polar surface area (TPSA) is 33.1 Å². The molecule has 2 saturated carbocycles. The van der Waals surface area contributed by atoms with Crippen LogP contribution in [0.2, 0.25) is 0 Å². The van der Waals surface area contributed by atoms with Gasteiger partial charge in [0.1, 0.15) is 0 Å². The van der Waals surface area contributed by atoms with E-state index in [9.17, 15) is 0 Å². The van der Waals surface area contributed by atoms with Crippen LogP contribution in [-0.4, -0.2) is 33.6 Å². The Hall–Kier alpha value is -2.33. The molecular weight excluding hydrogens is 428 g/mol. The average molecular weight is 471 g/mol. The number of benzene rings is 2. The Bertz CT molecular complexity index is 1080. The predicted molar refractivity (Wildman–Crippen MR) is 146 cm³/mol. The largest absolute Gasteiger partial charge is 0.353 e. The standard InChI is InChI=1S/C31H42N4/c1-2-12-22-31(21-11-1,25-13-5-3-6-14-25)34-23-19-27(20-24-34)35-29-18-10-9-17-28(29)33-30(35)32-26-15-7-4-8-16-26/h3,5-6,9-10,13-14,17-18,26-27H,1-2,4,7-8,11-12,15-16,19-24H2,(H,32,33). The van der Waals surface area contributed by atoms with Crippen LogP contribution in [0.5, 0.6) is 0 Å². The maximum absolute atomic E-state index is 5.10. The van der Waals surface area contributed by atoms with Gasteiger partial charge >= 0.3 is 0 Å². The Kier molecular flexibility index (Phi) is 6.82. The zero-order valence-electron chi connectivity index (χ0n) is 21.3. The molecule has 2 heterocycles. The lowest BCUT2D eigenvalue weighted by Crippen LogP contribution is -2.50. The first-order valence-corrected chi connectivity index (χ1v) is 14.4. The van der Waals surface area contributed by atoms with Crippen LogP contribution < -0.4 is 5.32 Å². The van der Waals surface area contributed by atoms with E-state index in [2.05, 4.69) is 69.4 Å². The minimum atomic E-state index is 0.225. The van der Waals surface area contributed by atoms with Crippen molar-refractivity contribution in [2.75, 3.05) is 18.4 Å². The molecule has 4 heteroatoms. The van der Waals surface area contributed by atoms with Gasteiger partial charge in [-0.15, -0.1) is 0 Å². The number of likely N-dealkylation sites (tertiary alicyclic amines) is 1. The predicted octanol–water partition coefficient (Wildman–Crippen LogP) is 7.67. The van der Waals surface area contributed by atoms with Crippen molar-refractivity contribution in [2.24, 2.45) is 0 Å². The molecule has 0 bridgehead atoms. The average Bonchev–Trinajstić information content (AvgIpc) is 3.09. The van der Waals surface area contributed by atoms with Crippen LogP contribution in [-0.2, 0) is 5.54 Å². The number of para-hydroxylation sites is 2.